The number of nitrogens with two attached hydrogens (primary N) is 1. The van der Waals surface area contributed by atoms with Crippen LogP contribution in [0.4, 0.5) is 0 Å². The Kier molecular flexibility index (Phi) is 1.91. The van der Waals surface area contributed by atoms with Crippen LogP contribution in [-0.4, -0.2) is 6.04 Å². The van der Waals surface area contributed by atoms with Gasteiger partial charge < -0.3 is 5.73 Å². The van der Waals surface area contributed by atoms with E-state index in [9.17, 15) is 0 Å². The molecule has 2 atom stereocenters. The molecule has 0 fully saturated rings. The Morgan fingerprint density at radius 2 is 2.22 bits per heavy atom. The Balaban J connectivity index is 2.61. The minimum atomic E-state index is 0.348. The van der Waals surface area contributed by atoms with E-state index in [1.54, 1.807) is 0 Å². The van der Waals surface area contributed by atoms with Gasteiger partial charge in [0.1, 0.15) is 0 Å². The molecule has 0 radical (unpaired) electrons. The Morgan fingerprint density at radius 1 is 1.56 bits per heavy atom. The van der Waals surface area contributed by atoms with Crippen molar-refractivity contribution in [3.05, 3.63) is 11.6 Å². The van der Waals surface area contributed by atoms with Gasteiger partial charge in [0.05, 0.1) is 0 Å². The summed E-state index contributed by atoms with van der Waals surface area (Å²) in [6.45, 7) is 4.37. The summed E-state index contributed by atoms with van der Waals surface area (Å²) in [5, 5.41) is 0. The maximum absolute atomic E-state index is 5.77. The molecule has 0 aromatic heterocycles. The summed E-state index contributed by atoms with van der Waals surface area (Å²) >= 11 is 0. The SMILES string of the molecule is CC1=CC(C)CCC1N. The fourth-order valence-electron chi connectivity index (χ4n) is 1.33. The molecule has 0 amide bonds. The first-order valence-corrected chi connectivity index (χ1v) is 3.64. The zero-order chi connectivity index (χ0) is 6.85. The molecule has 1 rings (SSSR count). The summed E-state index contributed by atoms with van der Waals surface area (Å²) in [4.78, 5) is 0. The number of hydrogen-bond donors (Lipinski definition) is 1. The van der Waals surface area contributed by atoms with Crippen LogP contribution in [0.1, 0.15) is 26.7 Å². The summed E-state index contributed by atoms with van der Waals surface area (Å²) in [7, 11) is 0. The normalized spacial score (nSPS) is 36.1. The van der Waals surface area contributed by atoms with Crippen molar-refractivity contribution < 1.29 is 0 Å². The van der Waals surface area contributed by atoms with Gasteiger partial charge in [0.15, 0.2) is 0 Å². The van der Waals surface area contributed by atoms with E-state index in [1.165, 1.54) is 18.4 Å². The summed E-state index contributed by atoms with van der Waals surface area (Å²) in [5.74, 6) is 0.754. The van der Waals surface area contributed by atoms with E-state index in [-0.39, 0.29) is 0 Å². The van der Waals surface area contributed by atoms with Crippen LogP contribution in [0.5, 0.6) is 0 Å². The van der Waals surface area contributed by atoms with Gasteiger partial charge in [0.25, 0.3) is 0 Å². The fraction of sp³-hybridized carbons (Fsp3) is 0.750. The molecule has 1 nitrogen and oxygen atoms in total. The molecule has 9 heavy (non-hydrogen) atoms. The predicted molar refractivity (Wildman–Crippen MR) is 40.1 cm³/mol. The van der Waals surface area contributed by atoms with Crippen molar-refractivity contribution in [2.45, 2.75) is 32.7 Å². The number of allylic oxidation sites excluding steroid dienone is 1. The average Bonchev–Trinajstić information content (AvgIpc) is 1.80. The molecule has 1 aliphatic rings. The Labute approximate surface area is 56.9 Å². The van der Waals surface area contributed by atoms with E-state index in [4.69, 9.17) is 5.73 Å². The second-order valence-electron chi connectivity index (χ2n) is 3.07. The summed E-state index contributed by atoms with van der Waals surface area (Å²) < 4.78 is 0. The molecule has 1 heteroatoms. The van der Waals surface area contributed by atoms with Crippen molar-refractivity contribution in [3.8, 4) is 0 Å². The molecule has 0 aliphatic heterocycles. The minimum Gasteiger partial charge on any atom is -0.324 e. The topological polar surface area (TPSA) is 26.0 Å². The standard InChI is InChI=1S/C8H15N/c1-6-3-4-8(9)7(2)5-6/h5-6,8H,3-4,9H2,1-2H3. The maximum atomic E-state index is 5.77. The van der Waals surface area contributed by atoms with Gasteiger partial charge in [-0.1, -0.05) is 18.6 Å². The average molecular weight is 125 g/mol. The molecule has 0 aromatic carbocycles. The van der Waals surface area contributed by atoms with Gasteiger partial charge in [-0.05, 0) is 25.7 Å². The lowest BCUT2D eigenvalue weighted by molar-refractivity contribution is 0.522. The molecule has 2 N–H and O–H groups in total. The van der Waals surface area contributed by atoms with Crippen molar-refractivity contribution in [1.29, 1.82) is 0 Å². The van der Waals surface area contributed by atoms with E-state index in [1.807, 2.05) is 0 Å². The highest BCUT2D eigenvalue weighted by Crippen LogP contribution is 2.20. The van der Waals surface area contributed by atoms with Crippen molar-refractivity contribution in [2.75, 3.05) is 0 Å². The monoisotopic (exact) mass is 125 g/mol. The van der Waals surface area contributed by atoms with E-state index in [0.717, 1.165) is 5.92 Å². The molecule has 52 valence electrons. The maximum Gasteiger partial charge on any atom is 0.0251 e. The van der Waals surface area contributed by atoms with Crippen LogP contribution in [0.3, 0.4) is 0 Å². The third kappa shape index (κ3) is 1.55. The third-order valence-corrected chi connectivity index (χ3v) is 2.07. The lowest BCUT2D eigenvalue weighted by Gasteiger charge is -2.21. The van der Waals surface area contributed by atoms with E-state index in [0.29, 0.717) is 6.04 Å². The van der Waals surface area contributed by atoms with Crippen LogP contribution in [0.15, 0.2) is 11.6 Å². The second kappa shape index (κ2) is 2.53. The molecular formula is C8H15N. The lowest BCUT2D eigenvalue weighted by Crippen LogP contribution is -2.25. The van der Waals surface area contributed by atoms with Crippen LogP contribution in [0.25, 0.3) is 0 Å². The lowest BCUT2D eigenvalue weighted by atomic mass is 9.89. The van der Waals surface area contributed by atoms with Crippen LogP contribution in [0.2, 0.25) is 0 Å². The molecule has 0 bridgehead atoms. The van der Waals surface area contributed by atoms with Crippen LogP contribution in [-0.2, 0) is 0 Å². The quantitative estimate of drug-likeness (QED) is 0.490. The van der Waals surface area contributed by atoms with Gasteiger partial charge >= 0.3 is 0 Å². The van der Waals surface area contributed by atoms with Gasteiger partial charge in [0, 0.05) is 6.04 Å². The smallest absolute Gasteiger partial charge is 0.0251 e. The van der Waals surface area contributed by atoms with Crippen molar-refractivity contribution in [2.24, 2.45) is 11.7 Å². The minimum absolute atomic E-state index is 0.348. The Hall–Kier alpha value is -0.300. The Morgan fingerprint density at radius 3 is 2.67 bits per heavy atom. The highest BCUT2D eigenvalue weighted by molar-refractivity contribution is 5.11. The highest BCUT2D eigenvalue weighted by Gasteiger charge is 2.12. The van der Waals surface area contributed by atoms with Crippen LogP contribution < -0.4 is 5.73 Å². The second-order valence-corrected chi connectivity index (χ2v) is 3.07. The largest absolute Gasteiger partial charge is 0.324 e. The van der Waals surface area contributed by atoms with Crippen LogP contribution in [0, 0.1) is 5.92 Å². The van der Waals surface area contributed by atoms with E-state index in [2.05, 4.69) is 19.9 Å². The fourth-order valence-corrected chi connectivity index (χ4v) is 1.33. The van der Waals surface area contributed by atoms with E-state index >= 15 is 0 Å². The molecule has 1 aliphatic carbocycles. The zero-order valence-electron chi connectivity index (χ0n) is 6.22. The summed E-state index contributed by atoms with van der Waals surface area (Å²) in [6, 6.07) is 0.348. The third-order valence-electron chi connectivity index (χ3n) is 2.07. The van der Waals surface area contributed by atoms with Gasteiger partial charge in [-0.25, -0.2) is 0 Å². The highest BCUT2D eigenvalue weighted by atomic mass is 14.6. The molecule has 0 saturated heterocycles. The van der Waals surface area contributed by atoms with Gasteiger partial charge in [0.2, 0.25) is 0 Å². The van der Waals surface area contributed by atoms with Gasteiger partial charge in [-0.2, -0.15) is 0 Å². The molecule has 0 aromatic rings. The molecule has 0 heterocycles. The number of rotatable bonds is 0. The van der Waals surface area contributed by atoms with Crippen molar-refractivity contribution in [1.82, 2.24) is 0 Å². The molecule has 0 spiro atoms. The van der Waals surface area contributed by atoms with E-state index < -0.39 is 0 Å². The van der Waals surface area contributed by atoms with Crippen molar-refractivity contribution in [3.63, 3.8) is 0 Å². The summed E-state index contributed by atoms with van der Waals surface area (Å²) in [6.07, 6.45) is 4.72. The van der Waals surface area contributed by atoms with Crippen LogP contribution >= 0.6 is 0 Å². The first-order chi connectivity index (χ1) is 4.20. The summed E-state index contributed by atoms with van der Waals surface area (Å²) in [5.41, 5.74) is 7.14. The molecule has 2 unspecified atom stereocenters. The number of hydrogen-bond acceptors (Lipinski definition) is 1. The predicted octanol–water partition coefficient (Wildman–Crippen LogP) is 1.69. The van der Waals surface area contributed by atoms with Gasteiger partial charge in [-0.3, -0.25) is 0 Å². The Bertz CT molecular complexity index is 127. The van der Waals surface area contributed by atoms with Gasteiger partial charge in [-0.15, -0.1) is 0 Å². The molecule has 0 saturated carbocycles. The van der Waals surface area contributed by atoms with Crippen molar-refractivity contribution >= 4 is 0 Å². The zero-order valence-corrected chi connectivity index (χ0v) is 6.22. The first kappa shape index (κ1) is 6.81. The molecular weight excluding hydrogens is 110 g/mol. The first-order valence-electron chi connectivity index (χ1n) is 3.64.